The van der Waals surface area contributed by atoms with Gasteiger partial charge < -0.3 is 15.2 Å². The minimum Gasteiger partial charge on any atom is -0.461 e. The molecule has 2 aromatic carbocycles. The monoisotopic (exact) mass is 487 g/mol. The Morgan fingerprint density at radius 1 is 0.917 bits per heavy atom. The van der Waals surface area contributed by atoms with Crippen molar-refractivity contribution in [3.63, 3.8) is 0 Å². The summed E-state index contributed by atoms with van der Waals surface area (Å²) in [4.78, 5) is 25.6. The third-order valence-electron chi connectivity index (χ3n) is 6.81. The summed E-state index contributed by atoms with van der Waals surface area (Å²) in [5.41, 5.74) is 11.5. The van der Waals surface area contributed by atoms with E-state index in [0.29, 0.717) is 31.1 Å². The van der Waals surface area contributed by atoms with Gasteiger partial charge in [-0.25, -0.2) is 0 Å². The fourth-order valence-corrected chi connectivity index (χ4v) is 4.88. The number of fused-ring (bicyclic) bond motifs is 1. The minimum absolute atomic E-state index is 0.0467. The zero-order chi connectivity index (χ0) is 24.9. The van der Waals surface area contributed by atoms with Crippen molar-refractivity contribution in [3.05, 3.63) is 65.2 Å². The molecule has 5 rings (SSSR count). The van der Waals surface area contributed by atoms with Crippen LogP contribution in [0.3, 0.4) is 0 Å². The molecule has 188 valence electrons. The van der Waals surface area contributed by atoms with E-state index in [1.54, 1.807) is 12.0 Å². The van der Waals surface area contributed by atoms with Crippen LogP contribution >= 0.6 is 0 Å². The molecule has 3 heterocycles. The van der Waals surface area contributed by atoms with Crippen LogP contribution < -0.4 is 15.4 Å². The van der Waals surface area contributed by atoms with Crippen LogP contribution in [-0.4, -0.2) is 54.2 Å². The number of methoxy groups -OCH3 is 1. The number of hydrogen-bond donors (Lipinski definition) is 1. The van der Waals surface area contributed by atoms with Crippen LogP contribution in [0.2, 0.25) is 0 Å². The number of nitrogen functional groups attached to an aromatic ring is 1. The van der Waals surface area contributed by atoms with E-state index in [0.717, 1.165) is 17.7 Å². The summed E-state index contributed by atoms with van der Waals surface area (Å²) in [6, 6.07) is 17.3. The van der Waals surface area contributed by atoms with Gasteiger partial charge in [-0.15, -0.1) is 0 Å². The molecule has 3 aromatic rings. The van der Waals surface area contributed by atoms with E-state index in [1.165, 1.54) is 43.5 Å². The first-order valence-corrected chi connectivity index (χ1v) is 12.6. The minimum atomic E-state index is -0.0467. The van der Waals surface area contributed by atoms with Crippen molar-refractivity contribution in [2.75, 3.05) is 44.0 Å². The third-order valence-corrected chi connectivity index (χ3v) is 6.81. The van der Waals surface area contributed by atoms with Gasteiger partial charge >= 0.3 is 6.01 Å². The number of piperidine rings is 1. The van der Waals surface area contributed by atoms with Crippen LogP contribution in [0.5, 0.6) is 6.01 Å². The summed E-state index contributed by atoms with van der Waals surface area (Å²) in [5, 5.41) is 0. The summed E-state index contributed by atoms with van der Waals surface area (Å²) in [6.07, 6.45) is 4.14. The van der Waals surface area contributed by atoms with Crippen LogP contribution in [0.1, 0.15) is 36.0 Å². The highest BCUT2D eigenvalue weighted by atomic mass is 16.5. The van der Waals surface area contributed by atoms with E-state index < -0.39 is 0 Å². The van der Waals surface area contributed by atoms with Gasteiger partial charge in [0.15, 0.2) is 0 Å². The third kappa shape index (κ3) is 5.50. The Hall–Kier alpha value is -3.49. The molecule has 2 aliphatic rings. The first-order valence-electron chi connectivity index (χ1n) is 12.6. The average molecular weight is 488 g/mol. The molecule has 0 spiro atoms. The zero-order valence-electron chi connectivity index (χ0n) is 20.8. The van der Waals surface area contributed by atoms with Gasteiger partial charge in [-0.05, 0) is 54.3 Å². The number of likely N-dealkylation sites (tertiary alicyclic amines) is 1. The Morgan fingerprint density at radius 3 is 2.50 bits per heavy atom. The van der Waals surface area contributed by atoms with E-state index in [9.17, 15) is 4.79 Å². The molecule has 0 aliphatic carbocycles. The van der Waals surface area contributed by atoms with Crippen LogP contribution in [0.25, 0.3) is 11.1 Å². The van der Waals surface area contributed by atoms with Crippen molar-refractivity contribution in [2.45, 2.75) is 38.8 Å². The van der Waals surface area contributed by atoms with Crippen molar-refractivity contribution in [3.8, 4) is 17.1 Å². The molecule has 1 fully saturated rings. The van der Waals surface area contributed by atoms with E-state index in [2.05, 4.69) is 63.4 Å². The number of carbonyl (C=O) groups excluding carboxylic acids is 1. The second-order valence-corrected chi connectivity index (χ2v) is 9.43. The van der Waals surface area contributed by atoms with Gasteiger partial charge in [0.05, 0.1) is 19.6 Å². The van der Waals surface area contributed by atoms with Crippen molar-refractivity contribution in [1.82, 2.24) is 14.9 Å². The molecule has 2 aliphatic heterocycles. The summed E-state index contributed by atoms with van der Waals surface area (Å²) >= 11 is 0. The van der Waals surface area contributed by atoms with Crippen molar-refractivity contribution < 1.29 is 14.3 Å². The largest absolute Gasteiger partial charge is 0.461 e. The molecular formula is C28H33N5O3. The predicted octanol–water partition coefficient (Wildman–Crippen LogP) is 3.83. The molecule has 2 N–H and O–H groups in total. The number of nitrogens with two attached hydrogens (primary N) is 1. The SMILES string of the molecule is COCCOc1nc(N)c2c(n1)N(Cc1ccc(-c3cccc(CN4CCCCC4)c3)cc1)C(=O)C2. The first kappa shape index (κ1) is 24.2. The summed E-state index contributed by atoms with van der Waals surface area (Å²) in [6.45, 7) is 4.52. The maximum Gasteiger partial charge on any atom is 0.320 e. The van der Waals surface area contributed by atoms with Gasteiger partial charge in [0.2, 0.25) is 5.91 Å². The number of aromatic nitrogens is 2. The van der Waals surface area contributed by atoms with Crippen molar-refractivity contribution in [1.29, 1.82) is 0 Å². The van der Waals surface area contributed by atoms with E-state index in [4.69, 9.17) is 15.2 Å². The van der Waals surface area contributed by atoms with E-state index in [1.807, 2.05) is 0 Å². The lowest BCUT2D eigenvalue weighted by molar-refractivity contribution is -0.117. The van der Waals surface area contributed by atoms with Gasteiger partial charge in [0.25, 0.3) is 0 Å². The maximum absolute atomic E-state index is 12.8. The Balaban J connectivity index is 1.29. The summed E-state index contributed by atoms with van der Waals surface area (Å²) in [7, 11) is 1.60. The van der Waals surface area contributed by atoms with E-state index in [-0.39, 0.29) is 24.2 Å². The molecule has 0 radical (unpaired) electrons. The standard InChI is InChI=1S/C28H33N5O3/c1-35-14-15-36-28-30-26(29)24-17-25(34)33(27(24)31-28)19-20-8-10-22(11-9-20)23-7-5-6-21(16-23)18-32-12-3-2-4-13-32/h5-11,16H,2-4,12-15,17-19H2,1H3,(H2,29,30,31). The lowest BCUT2D eigenvalue weighted by atomic mass is 10.0. The number of benzene rings is 2. The van der Waals surface area contributed by atoms with Gasteiger partial charge in [-0.3, -0.25) is 14.6 Å². The van der Waals surface area contributed by atoms with Crippen LogP contribution in [0.4, 0.5) is 11.6 Å². The highest BCUT2D eigenvalue weighted by molar-refractivity contribution is 6.01. The average Bonchev–Trinajstić information content (AvgIpc) is 3.21. The lowest BCUT2D eigenvalue weighted by Gasteiger charge is -2.26. The number of rotatable bonds is 9. The summed E-state index contributed by atoms with van der Waals surface area (Å²) in [5.74, 6) is 0.756. The smallest absolute Gasteiger partial charge is 0.320 e. The number of amides is 1. The molecule has 1 amide bonds. The van der Waals surface area contributed by atoms with Crippen LogP contribution in [0.15, 0.2) is 48.5 Å². The van der Waals surface area contributed by atoms with Gasteiger partial charge in [-0.1, -0.05) is 48.9 Å². The molecule has 0 bridgehead atoms. The van der Waals surface area contributed by atoms with Crippen molar-refractivity contribution >= 4 is 17.5 Å². The molecule has 8 nitrogen and oxygen atoms in total. The molecule has 0 unspecified atom stereocenters. The second-order valence-electron chi connectivity index (χ2n) is 9.43. The van der Waals surface area contributed by atoms with E-state index >= 15 is 0 Å². The van der Waals surface area contributed by atoms with Gasteiger partial charge in [0, 0.05) is 19.2 Å². The second kappa shape index (κ2) is 11.1. The molecule has 0 saturated carbocycles. The van der Waals surface area contributed by atoms with Gasteiger partial charge in [0.1, 0.15) is 18.2 Å². The molecular weight excluding hydrogens is 454 g/mol. The molecule has 8 heteroatoms. The van der Waals surface area contributed by atoms with Gasteiger partial charge in [-0.2, -0.15) is 9.97 Å². The highest BCUT2D eigenvalue weighted by Crippen LogP contribution is 2.33. The fourth-order valence-electron chi connectivity index (χ4n) is 4.88. The molecule has 36 heavy (non-hydrogen) atoms. The maximum atomic E-state index is 12.8. The molecule has 1 aromatic heterocycles. The summed E-state index contributed by atoms with van der Waals surface area (Å²) < 4.78 is 10.5. The van der Waals surface area contributed by atoms with Crippen LogP contribution in [-0.2, 0) is 29.0 Å². The highest BCUT2D eigenvalue weighted by Gasteiger charge is 2.32. The molecule has 0 atom stereocenters. The molecule has 1 saturated heterocycles. The number of carbonyl (C=O) groups is 1. The number of ether oxygens (including phenoxy) is 2. The van der Waals surface area contributed by atoms with Crippen LogP contribution in [0, 0.1) is 0 Å². The number of hydrogen-bond acceptors (Lipinski definition) is 7. The van der Waals surface area contributed by atoms with Crippen molar-refractivity contribution in [2.24, 2.45) is 0 Å². The topological polar surface area (TPSA) is 93.8 Å². The quantitative estimate of drug-likeness (QED) is 0.459. The fraction of sp³-hybridized carbons (Fsp3) is 0.393. The lowest BCUT2D eigenvalue weighted by Crippen LogP contribution is -2.29. The normalized spacial score (nSPS) is 15.8. The Morgan fingerprint density at radius 2 is 1.72 bits per heavy atom. The zero-order valence-corrected chi connectivity index (χ0v) is 20.8. The number of nitrogens with zero attached hydrogens (tertiary/aromatic N) is 4. The Kier molecular flexibility index (Phi) is 7.44. The first-order chi connectivity index (χ1) is 17.6. The Labute approximate surface area is 212 Å². The predicted molar refractivity (Wildman–Crippen MR) is 140 cm³/mol. The number of anilines is 2. The Bertz CT molecular complexity index is 1210.